The number of likely N-dealkylation sites (tertiary alicyclic amines) is 1. The Balaban J connectivity index is 1.63. The topological polar surface area (TPSA) is 105 Å². The van der Waals surface area contributed by atoms with Crippen LogP contribution in [0.1, 0.15) is 38.7 Å². The van der Waals surface area contributed by atoms with Crippen molar-refractivity contribution in [3.8, 4) is 0 Å². The first-order chi connectivity index (χ1) is 12.8. The molecule has 1 amide bonds. The summed E-state index contributed by atoms with van der Waals surface area (Å²) in [6.07, 6.45) is 2.99. The van der Waals surface area contributed by atoms with Crippen LogP contribution in [0.25, 0.3) is 0 Å². The lowest BCUT2D eigenvalue weighted by Gasteiger charge is -2.33. The van der Waals surface area contributed by atoms with Crippen LogP contribution in [0.2, 0.25) is 0 Å². The Bertz CT molecular complexity index is 881. The number of sulfonamides is 1. The van der Waals surface area contributed by atoms with E-state index in [0.717, 1.165) is 19.3 Å². The number of rotatable bonds is 4. The molecule has 1 saturated heterocycles. The van der Waals surface area contributed by atoms with Crippen molar-refractivity contribution in [1.82, 2.24) is 9.62 Å². The zero-order valence-electron chi connectivity index (χ0n) is 15.3. The van der Waals surface area contributed by atoms with Crippen LogP contribution in [0.5, 0.6) is 0 Å². The summed E-state index contributed by atoms with van der Waals surface area (Å²) in [6, 6.07) is 5.60. The fourth-order valence-corrected chi connectivity index (χ4v) is 4.52. The summed E-state index contributed by atoms with van der Waals surface area (Å²) in [7, 11) is -3.67. The van der Waals surface area contributed by atoms with Crippen LogP contribution in [0.4, 0.5) is 0 Å². The summed E-state index contributed by atoms with van der Waals surface area (Å²) in [4.78, 5) is 30.4. The Hall–Kier alpha value is -2.42. The van der Waals surface area contributed by atoms with E-state index in [1.54, 1.807) is 23.1 Å². The molecule has 0 bridgehead atoms. The van der Waals surface area contributed by atoms with Crippen LogP contribution in [0, 0.1) is 0 Å². The number of carbonyl (C=O) groups is 2. The van der Waals surface area contributed by atoms with Crippen LogP contribution in [0.15, 0.2) is 34.2 Å². The maximum Gasteiger partial charge on any atom is 0.331 e. The van der Waals surface area contributed by atoms with E-state index in [-0.39, 0.29) is 29.3 Å². The van der Waals surface area contributed by atoms with Crippen LogP contribution < -0.4 is 4.72 Å². The number of aliphatic imine (C=N–C) groups is 1. The van der Waals surface area contributed by atoms with Gasteiger partial charge in [-0.05, 0) is 45.2 Å². The fraction of sp³-hybridized carbons (Fsp3) is 0.500. The Morgan fingerprint density at radius 1 is 1.33 bits per heavy atom. The average molecular weight is 393 g/mol. The van der Waals surface area contributed by atoms with Gasteiger partial charge in [0.15, 0.2) is 6.61 Å². The van der Waals surface area contributed by atoms with Gasteiger partial charge in [-0.2, -0.15) is 0 Å². The van der Waals surface area contributed by atoms with E-state index in [9.17, 15) is 18.0 Å². The van der Waals surface area contributed by atoms with Crippen LogP contribution in [-0.4, -0.2) is 56.3 Å². The number of nitrogens with one attached hydrogen (secondary N) is 1. The normalized spacial score (nSPS) is 23.4. The van der Waals surface area contributed by atoms with Crippen molar-refractivity contribution in [2.75, 3.05) is 13.2 Å². The van der Waals surface area contributed by atoms with Crippen molar-refractivity contribution in [2.24, 2.45) is 4.99 Å². The van der Waals surface area contributed by atoms with E-state index in [0.29, 0.717) is 12.1 Å². The van der Waals surface area contributed by atoms with Crippen molar-refractivity contribution < 1.29 is 22.7 Å². The zero-order chi connectivity index (χ0) is 19.6. The zero-order valence-corrected chi connectivity index (χ0v) is 16.2. The van der Waals surface area contributed by atoms with Gasteiger partial charge in [-0.25, -0.2) is 13.2 Å². The lowest BCUT2D eigenvalue weighted by atomic mass is 10.0. The number of piperidine rings is 1. The Labute approximate surface area is 158 Å². The summed E-state index contributed by atoms with van der Waals surface area (Å²) in [5, 5.41) is 0. The molecule has 27 heavy (non-hydrogen) atoms. The highest BCUT2D eigenvalue weighted by Gasteiger charge is 2.31. The summed E-state index contributed by atoms with van der Waals surface area (Å²) >= 11 is 0. The van der Waals surface area contributed by atoms with Crippen molar-refractivity contribution >= 4 is 27.7 Å². The number of amides is 1. The molecule has 0 radical (unpaired) electrons. The monoisotopic (exact) mass is 393 g/mol. The van der Waals surface area contributed by atoms with Crippen molar-refractivity contribution in [3.63, 3.8) is 0 Å². The Morgan fingerprint density at radius 2 is 2.07 bits per heavy atom. The van der Waals surface area contributed by atoms with Gasteiger partial charge in [0.2, 0.25) is 0 Å². The maximum absolute atomic E-state index is 12.3. The highest BCUT2D eigenvalue weighted by Crippen LogP contribution is 2.22. The van der Waals surface area contributed by atoms with Crippen LogP contribution in [-0.2, 0) is 24.3 Å². The molecule has 9 heteroatoms. The molecule has 0 spiro atoms. The quantitative estimate of drug-likeness (QED) is 0.770. The molecule has 1 aromatic rings. The van der Waals surface area contributed by atoms with Gasteiger partial charge >= 0.3 is 5.97 Å². The SMILES string of the molecule is CC(N=C1NS(=O)(=O)c2ccccc21)C(=O)OCC(=O)N1CCCCC1C. The molecular weight excluding hydrogens is 370 g/mol. The minimum Gasteiger partial charge on any atom is -0.454 e. The summed E-state index contributed by atoms with van der Waals surface area (Å²) in [5.41, 5.74) is 0.412. The lowest BCUT2D eigenvalue weighted by molar-refractivity contribution is -0.154. The van der Waals surface area contributed by atoms with E-state index in [4.69, 9.17) is 4.74 Å². The van der Waals surface area contributed by atoms with E-state index >= 15 is 0 Å². The highest BCUT2D eigenvalue weighted by atomic mass is 32.2. The van der Waals surface area contributed by atoms with Gasteiger partial charge in [0, 0.05) is 18.2 Å². The Morgan fingerprint density at radius 3 is 2.81 bits per heavy atom. The summed E-state index contributed by atoms with van der Waals surface area (Å²) in [5.74, 6) is -0.794. The van der Waals surface area contributed by atoms with E-state index < -0.39 is 22.0 Å². The van der Waals surface area contributed by atoms with Crippen LogP contribution >= 0.6 is 0 Å². The molecule has 2 aliphatic heterocycles. The second-order valence-corrected chi connectivity index (χ2v) is 8.45. The van der Waals surface area contributed by atoms with Gasteiger partial charge < -0.3 is 9.64 Å². The van der Waals surface area contributed by atoms with Gasteiger partial charge in [0.25, 0.3) is 15.9 Å². The van der Waals surface area contributed by atoms with Crippen molar-refractivity contribution in [3.05, 3.63) is 29.8 Å². The van der Waals surface area contributed by atoms with E-state index in [1.165, 1.54) is 13.0 Å². The lowest BCUT2D eigenvalue weighted by Crippen LogP contribution is -2.44. The predicted octanol–water partition coefficient (Wildman–Crippen LogP) is 1.06. The van der Waals surface area contributed by atoms with Crippen molar-refractivity contribution in [2.45, 2.75) is 50.1 Å². The van der Waals surface area contributed by atoms with E-state index in [1.807, 2.05) is 6.92 Å². The highest BCUT2D eigenvalue weighted by molar-refractivity contribution is 7.90. The molecule has 2 atom stereocenters. The third kappa shape index (κ3) is 4.13. The molecule has 0 saturated carbocycles. The largest absolute Gasteiger partial charge is 0.454 e. The van der Waals surface area contributed by atoms with Gasteiger partial charge in [-0.1, -0.05) is 12.1 Å². The molecule has 0 aromatic heterocycles. The van der Waals surface area contributed by atoms with Gasteiger partial charge in [0.1, 0.15) is 11.9 Å². The third-order valence-corrected chi connectivity index (χ3v) is 6.18. The first kappa shape index (κ1) is 19.3. The van der Waals surface area contributed by atoms with Gasteiger partial charge in [-0.3, -0.25) is 14.5 Å². The number of carbonyl (C=O) groups excluding carboxylic acids is 2. The summed E-state index contributed by atoms with van der Waals surface area (Å²) < 4.78 is 31.6. The number of hydrogen-bond donors (Lipinski definition) is 1. The minimum absolute atomic E-state index is 0.103. The maximum atomic E-state index is 12.3. The smallest absolute Gasteiger partial charge is 0.331 e. The fourth-order valence-electron chi connectivity index (χ4n) is 3.28. The molecule has 0 aliphatic carbocycles. The van der Waals surface area contributed by atoms with Crippen molar-refractivity contribution in [1.29, 1.82) is 0 Å². The third-order valence-electron chi connectivity index (χ3n) is 4.79. The van der Waals surface area contributed by atoms with Gasteiger partial charge in [-0.15, -0.1) is 0 Å². The number of nitrogens with zero attached hydrogens (tertiary/aromatic N) is 2. The second-order valence-electron chi connectivity index (χ2n) is 6.79. The molecular formula is C18H23N3O5S. The first-order valence-electron chi connectivity index (χ1n) is 8.95. The molecule has 1 aromatic carbocycles. The van der Waals surface area contributed by atoms with Crippen LogP contribution in [0.3, 0.4) is 0 Å². The Kier molecular flexibility index (Phi) is 5.50. The molecule has 1 N–H and O–H groups in total. The molecule has 146 valence electrons. The van der Waals surface area contributed by atoms with E-state index in [2.05, 4.69) is 9.71 Å². The number of ether oxygens (including phenoxy) is 1. The number of hydrogen-bond acceptors (Lipinski definition) is 6. The molecule has 8 nitrogen and oxygen atoms in total. The first-order valence-corrected chi connectivity index (χ1v) is 10.4. The molecule has 2 heterocycles. The number of benzene rings is 1. The average Bonchev–Trinajstić information content (AvgIpc) is 2.90. The molecule has 3 rings (SSSR count). The predicted molar refractivity (Wildman–Crippen MR) is 98.7 cm³/mol. The summed E-state index contributed by atoms with van der Waals surface area (Å²) in [6.45, 7) is 3.82. The number of fused-ring (bicyclic) bond motifs is 1. The van der Waals surface area contributed by atoms with Gasteiger partial charge in [0.05, 0.1) is 4.90 Å². The standard InChI is InChI=1S/C18H23N3O5S/c1-12-7-5-6-10-21(12)16(22)11-26-18(23)13(2)19-17-14-8-3-4-9-15(14)27(24,25)20-17/h3-4,8-9,12-13H,5-7,10-11H2,1-2H3,(H,19,20). The molecule has 1 fully saturated rings. The minimum atomic E-state index is -3.67. The molecule has 2 unspecified atom stereocenters. The number of esters is 1. The second kappa shape index (κ2) is 7.67. The molecule has 2 aliphatic rings. The number of amidine groups is 1.